The lowest BCUT2D eigenvalue weighted by Crippen LogP contribution is -2.53. The number of rotatable bonds is 2. The van der Waals surface area contributed by atoms with Crippen LogP contribution in [0.15, 0.2) is 24.3 Å². The Bertz CT molecular complexity index is 356. The minimum atomic E-state index is -0.288. The summed E-state index contributed by atoms with van der Waals surface area (Å²) in [5.41, 5.74) is 6.70. The van der Waals surface area contributed by atoms with Gasteiger partial charge in [-0.1, -0.05) is 18.2 Å². The van der Waals surface area contributed by atoms with Crippen LogP contribution in [-0.4, -0.2) is 37.6 Å². The van der Waals surface area contributed by atoms with E-state index in [4.69, 9.17) is 5.73 Å². The molecule has 1 saturated heterocycles. The van der Waals surface area contributed by atoms with Crippen molar-refractivity contribution in [1.29, 1.82) is 0 Å². The highest BCUT2D eigenvalue weighted by Gasteiger charge is 2.25. The Labute approximate surface area is 95.4 Å². The Morgan fingerprint density at radius 2 is 2.25 bits per heavy atom. The summed E-state index contributed by atoms with van der Waals surface area (Å²) in [4.78, 5) is 2.21. The maximum Gasteiger partial charge on any atom is 0.128 e. The first-order valence-corrected chi connectivity index (χ1v) is 5.60. The molecule has 0 amide bonds. The lowest BCUT2D eigenvalue weighted by molar-refractivity contribution is 0.218. The van der Waals surface area contributed by atoms with E-state index in [2.05, 4.69) is 17.3 Å². The van der Waals surface area contributed by atoms with Crippen LogP contribution in [0.1, 0.15) is 11.6 Å². The second kappa shape index (κ2) is 4.91. The fraction of sp³-hybridized carbons (Fsp3) is 0.500. The van der Waals surface area contributed by atoms with E-state index in [0.717, 1.165) is 19.6 Å². The molecular weight excluding hydrogens is 205 g/mol. The molecular formula is C12H18FN3. The van der Waals surface area contributed by atoms with Gasteiger partial charge in [-0.3, -0.25) is 0 Å². The summed E-state index contributed by atoms with van der Waals surface area (Å²) in [6.07, 6.45) is 0. The fourth-order valence-electron chi connectivity index (χ4n) is 2.14. The first kappa shape index (κ1) is 11.5. The summed E-state index contributed by atoms with van der Waals surface area (Å²) in [6.45, 7) is 2.78. The Morgan fingerprint density at radius 3 is 2.94 bits per heavy atom. The van der Waals surface area contributed by atoms with E-state index in [1.807, 2.05) is 6.07 Å². The third-order valence-electron chi connectivity index (χ3n) is 3.11. The van der Waals surface area contributed by atoms with Crippen LogP contribution in [0.4, 0.5) is 4.39 Å². The van der Waals surface area contributed by atoms with Crippen molar-refractivity contribution >= 4 is 0 Å². The first-order valence-electron chi connectivity index (χ1n) is 5.60. The van der Waals surface area contributed by atoms with Crippen molar-refractivity contribution in [3.8, 4) is 0 Å². The highest BCUT2D eigenvalue weighted by atomic mass is 19.1. The van der Waals surface area contributed by atoms with Gasteiger partial charge in [0, 0.05) is 37.3 Å². The molecule has 1 aromatic rings. The number of hydrogen-bond acceptors (Lipinski definition) is 3. The molecule has 2 rings (SSSR count). The second-order valence-electron chi connectivity index (χ2n) is 4.37. The molecule has 1 aromatic carbocycles. The van der Waals surface area contributed by atoms with Gasteiger partial charge in [-0.2, -0.15) is 0 Å². The predicted molar refractivity (Wildman–Crippen MR) is 62.6 cm³/mol. The molecule has 3 N–H and O–H groups in total. The van der Waals surface area contributed by atoms with E-state index in [1.165, 1.54) is 6.07 Å². The molecule has 1 aliphatic rings. The number of likely N-dealkylation sites (N-methyl/N-ethyl adjacent to an activating group) is 1. The van der Waals surface area contributed by atoms with Crippen molar-refractivity contribution in [3.05, 3.63) is 35.6 Å². The summed E-state index contributed by atoms with van der Waals surface area (Å²) in [7, 11) is 2.06. The lowest BCUT2D eigenvalue weighted by atomic mass is 9.98. The highest BCUT2D eigenvalue weighted by molar-refractivity contribution is 5.22. The third-order valence-corrected chi connectivity index (χ3v) is 3.11. The van der Waals surface area contributed by atoms with Crippen molar-refractivity contribution in [2.75, 3.05) is 26.7 Å². The largest absolute Gasteiger partial charge is 0.323 e. The van der Waals surface area contributed by atoms with Crippen LogP contribution in [0.25, 0.3) is 0 Å². The molecule has 0 bridgehead atoms. The fourth-order valence-corrected chi connectivity index (χ4v) is 2.14. The van der Waals surface area contributed by atoms with Crippen LogP contribution in [-0.2, 0) is 0 Å². The third kappa shape index (κ3) is 2.40. The van der Waals surface area contributed by atoms with Gasteiger partial charge >= 0.3 is 0 Å². The molecule has 1 aliphatic heterocycles. The van der Waals surface area contributed by atoms with Crippen molar-refractivity contribution in [3.63, 3.8) is 0 Å². The number of piperazine rings is 1. The number of hydrogen-bond donors (Lipinski definition) is 2. The van der Waals surface area contributed by atoms with Crippen molar-refractivity contribution < 1.29 is 4.39 Å². The van der Waals surface area contributed by atoms with Crippen LogP contribution >= 0.6 is 0 Å². The van der Waals surface area contributed by atoms with Gasteiger partial charge in [-0.05, 0) is 13.1 Å². The van der Waals surface area contributed by atoms with Crippen LogP contribution in [0.2, 0.25) is 0 Å². The average molecular weight is 223 g/mol. The average Bonchev–Trinajstić information content (AvgIpc) is 2.29. The van der Waals surface area contributed by atoms with E-state index in [9.17, 15) is 4.39 Å². The standard InChI is InChI=1S/C12H18FN3/c1-16-7-6-15-11(8-16)12(14)9-4-2-3-5-10(9)13/h2-5,11-12,15H,6-8,14H2,1H3. The van der Waals surface area contributed by atoms with Crippen molar-refractivity contribution in [1.82, 2.24) is 10.2 Å². The summed E-state index contributed by atoms with van der Waals surface area (Å²) >= 11 is 0. The topological polar surface area (TPSA) is 41.3 Å². The van der Waals surface area contributed by atoms with E-state index < -0.39 is 0 Å². The molecule has 0 radical (unpaired) electrons. The van der Waals surface area contributed by atoms with Gasteiger partial charge < -0.3 is 16.0 Å². The number of nitrogens with one attached hydrogen (secondary N) is 1. The van der Waals surface area contributed by atoms with Crippen LogP contribution < -0.4 is 11.1 Å². The summed E-state index contributed by atoms with van der Waals surface area (Å²) in [5, 5.41) is 3.34. The molecule has 0 spiro atoms. The van der Waals surface area contributed by atoms with Crippen LogP contribution in [0.5, 0.6) is 0 Å². The molecule has 16 heavy (non-hydrogen) atoms. The molecule has 0 saturated carbocycles. The monoisotopic (exact) mass is 223 g/mol. The molecule has 1 heterocycles. The summed E-state index contributed by atoms with van der Waals surface area (Å²) in [5.74, 6) is -0.218. The van der Waals surface area contributed by atoms with Crippen molar-refractivity contribution in [2.24, 2.45) is 5.73 Å². The summed E-state index contributed by atoms with van der Waals surface area (Å²) in [6, 6.07) is 6.56. The molecule has 4 heteroatoms. The SMILES string of the molecule is CN1CCNC(C(N)c2ccccc2F)C1. The molecule has 3 nitrogen and oxygen atoms in total. The Hall–Kier alpha value is -0.970. The number of benzene rings is 1. The van der Waals surface area contributed by atoms with Gasteiger partial charge in [0.15, 0.2) is 0 Å². The molecule has 2 atom stereocenters. The zero-order chi connectivity index (χ0) is 11.5. The number of halogens is 1. The van der Waals surface area contributed by atoms with E-state index in [-0.39, 0.29) is 17.9 Å². The van der Waals surface area contributed by atoms with E-state index >= 15 is 0 Å². The van der Waals surface area contributed by atoms with Gasteiger partial charge in [0.25, 0.3) is 0 Å². The summed E-state index contributed by atoms with van der Waals surface area (Å²) < 4.78 is 13.6. The molecule has 0 aliphatic carbocycles. The molecule has 0 aromatic heterocycles. The van der Waals surface area contributed by atoms with Gasteiger partial charge in [0.05, 0.1) is 0 Å². The van der Waals surface area contributed by atoms with E-state index in [0.29, 0.717) is 5.56 Å². The Kier molecular flexibility index (Phi) is 3.53. The quantitative estimate of drug-likeness (QED) is 0.776. The molecule has 88 valence electrons. The highest BCUT2D eigenvalue weighted by Crippen LogP contribution is 2.19. The van der Waals surface area contributed by atoms with Gasteiger partial charge in [0.2, 0.25) is 0 Å². The molecule has 1 fully saturated rings. The lowest BCUT2D eigenvalue weighted by Gasteiger charge is -2.34. The van der Waals surface area contributed by atoms with Gasteiger partial charge in [0.1, 0.15) is 5.82 Å². The minimum Gasteiger partial charge on any atom is -0.323 e. The van der Waals surface area contributed by atoms with Crippen LogP contribution in [0, 0.1) is 5.82 Å². The molecule has 2 unspecified atom stereocenters. The zero-order valence-electron chi connectivity index (χ0n) is 9.49. The maximum absolute atomic E-state index is 13.6. The number of nitrogens with zero attached hydrogens (tertiary/aromatic N) is 1. The van der Waals surface area contributed by atoms with Crippen LogP contribution in [0.3, 0.4) is 0 Å². The predicted octanol–water partition coefficient (Wildman–Crippen LogP) is 0.729. The zero-order valence-corrected chi connectivity index (χ0v) is 9.49. The van der Waals surface area contributed by atoms with Gasteiger partial charge in [-0.25, -0.2) is 4.39 Å². The Morgan fingerprint density at radius 1 is 1.50 bits per heavy atom. The Balaban J connectivity index is 2.12. The minimum absolute atomic E-state index is 0.121. The maximum atomic E-state index is 13.6. The first-order chi connectivity index (χ1) is 7.68. The van der Waals surface area contributed by atoms with Crippen molar-refractivity contribution in [2.45, 2.75) is 12.1 Å². The van der Waals surface area contributed by atoms with E-state index in [1.54, 1.807) is 12.1 Å². The second-order valence-corrected chi connectivity index (χ2v) is 4.37. The number of nitrogens with two attached hydrogens (primary N) is 1. The van der Waals surface area contributed by atoms with Gasteiger partial charge in [-0.15, -0.1) is 0 Å². The normalized spacial score (nSPS) is 24.3. The smallest absolute Gasteiger partial charge is 0.128 e.